The van der Waals surface area contributed by atoms with Crippen LogP contribution in [-0.4, -0.2) is 140 Å². The quantitative estimate of drug-likeness (QED) is 0.0204. The number of aliphatic hydroxyl groups excluding tert-OH is 8. The maximum Gasteiger partial charge on any atom is 0.220 e. The van der Waals surface area contributed by atoms with Gasteiger partial charge in [0.05, 0.1) is 32.0 Å². The van der Waals surface area contributed by atoms with Crippen molar-refractivity contribution in [3.63, 3.8) is 0 Å². The predicted octanol–water partition coefficient (Wildman–Crippen LogP) is 11.6. The molecule has 0 spiro atoms. The van der Waals surface area contributed by atoms with Crippen LogP contribution < -0.4 is 5.32 Å². The van der Waals surface area contributed by atoms with Crippen LogP contribution in [0.1, 0.15) is 194 Å². The van der Waals surface area contributed by atoms with Crippen molar-refractivity contribution in [3.05, 3.63) is 134 Å². The molecule has 2 aliphatic rings. The first kappa shape index (κ1) is 74.2. The molecule has 0 aromatic rings. The second-order valence-corrected chi connectivity index (χ2v) is 21.4. The van der Waals surface area contributed by atoms with Gasteiger partial charge >= 0.3 is 0 Å². The summed E-state index contributed by atoms with van der Waals surface area (Å²) in [5.41, 5.74) is 0. The van der Waals surface area contributed by atoms with E-state index in [9.17, 15) is 45.6 Å². The molecule has 0 aromatic heterocycles. The highest BCUT2D eigenvalue weighted by molar-refractivity contribution is 5.76. The zero-order valence-electron chi connectivity index (χ0n) is 50.2. The van der Waals surface area contributed by atoms with E-state index in [1.54, 1.807) is 6.08 Å². The van der Waals surface area contributed by atoms with Crippen molar-refractivity contribution in [1.82, 2.24) is 5.32 Å². The fraction of sp³-hybridized carbons (Fsp3) is 0.662. The molecule has 82 heavy (non-hydrogen) atoms. The van der Waals surface area contributed by atoms with Gasteiger partial charge in [0.25, 0.3) is 0 Å². The van der Waals surface area contributed by atoms with Crippen molar-refractivity contribution in [3.8, 4) is 0 Å². The Labute approximate surface area is 494 Å². The van der Waals surface area contributed by atoms with E-state index in [-0.39, 0.29) is 18.9 Å². The minimum atomic E-state index is -1.79. The summed E-state index contributed by atoms with van der Waals surface area (Å²) in [6.07, 6.45) is 59.9. The molecule has 2 rings (SSSR count). The van der Waals surface area contributed by atoms with Gasteiger partial charge in [-0.1, -0.05) is 225 Å². The Hall–Kier alpha value is -3.87. The smallest absolute Gasteiger partial charge is 0.220 e. The van der Waals surface area contributed by atoms with E-state index in [0.717, 1.165) is 103 Å². The molecule has 1 amide bonds. The molecule has 0 radical (unpaired) electrons. The second kappa shape index (κ2) is 51.5. The van der Waals surface area contributed by atoms with E-state index in [1.165, 1.54) is 57.8 Å². The van der Waals surface area contributed by atoms with E-state index in [4.69, 9.17) is 18.9 Å². The van der Waals surface area contributed by atoms with Crippen LogP contribution in [0, 0.1) is 0 Å². The van der Waals surface area contributed by atoms with E-state index in [2.05, 4.69) is 141 Å². The molecule has 12 atom stereocenters. The van der Waals surface area contributed by atoms with Gasteiger partial charge in [-0.25, -0.2) is 0 Å². The zero-order chi connectivity index (χ0) is 59.5. The van der Waals surface area contributed by atoms with Gasteiger partial charge in [-0.2, -0.15) is 0 Å². The van der Waals surface area contributed by atoms with Gasteiger partial charge in [-0.05, 0) is 96.3 Å². The number of amides is 1. The second-order valence-electron chi connectivity index (χ2n) is 21.4. The van der Waals surface area contributed by atoms with Gasteiger partial charge in [0, 0.05) is 6.42 Å². The minimum absolute atomic E-state index is 0.261. The van der Waals surface area contributed by atoms with Crippen molar-refractivity contribution < 1.29 is 64.6 Å². The van der Waals surface area contributed by atoms with Gasteiger partial charge in [-0.15, -0.1) is 0 Å². The standard InChI is InChI=1S/C68H111NO13/c1-3-5-7-9-11-12-13-14-15-16-17-18-19-20-21-22-23-24-25-26-27-28-29-30-31-32-33-34-35-36-37-38-39-40-41-42-43-44-46-48-50-52-60(73)69-56(57(72)51-49-47-45-10-8-6-4-2)55-79-67-65(78)63(76)66(59(54-71)81-67)82-68-64(77)62(75)61(74)58(53-70)80-68/h5,7-8,10-12,14-15,17-18,20-21,23-24,26-27,29-30,32-33,49,51,56-59,61-68,70-72,74-78H,3-4,6,9,13,16,19,22,25,28,31,34-48,50,52-55H2,1-2H3,(H,69,73)/b7-5-,10-8+,12-11-,15-14-,18-17-,21-20-,24-23-,27-26-,30-29-,33-32-,51-49+. The lowest BCUT2D eigenvalue weighted by Crippen LogP contribution is -2.65. The van der Waals surface area contributed by atoms with Gasteiger partial charge in [0.15, 0.2) is 12.6 Å². The average molecular weight is 1150 g/mol. The number of hydrogen-bond donors (Lipinski definition) is 9. The average Bonchev–Trinajstić information content (AvgIpc) is 3.65. The van der Waals surface area contributed by atoms with Crippen molar-refractivity contribution in [2.75, 3.05) is 19.8 Å². The lowest BCUT2D eigenvalue weighted by atomic mass is 9.97. The zero-order valence-corrected chi connectivity index (χ0v) is 50.2. The molecule has 2 aliphatic heterocycles. The molecule has 14 heteroatoms. The Balaban J connectivity index is 1.54. The van der Waals surface area contributed by atoms with E-state index < -0.39 is 86.8 Å². The summed E-state index contributed by atoms with van der Waals surface area (Å²) in [6, 6.07) is -0.937. The Morgan fingerprint density at radius 1 is 0.451 bits per heavy atom. The summed E-state index contributed by atoms with van der Waals surface area (Å²) in [5.74, 6) is -0.261. The lowest BCUT2D eigenvalue weighted by molar-refractivity contribution is -0.359. The van der Waals surface area contributed by atoms with Crippen LogP contribution in [0.15, 0.2) is 134 Å². The third-order valence-corrected chi connectivity index (χ3v) is 14.3. The number of aliphatic hydroxyl groups is 8. The van der Waals surface area contributed by atoms with Crippen LogP contribution in [0.5, 0.6) is 0 Å². The predicted molar refractivity (Wildman–Crippen MR) is 331 cm³/mol. The first-order valence-electron chi connectivity index (χ1n) is 31.4. The van der Waals surface area contributed by atoms with Crippen molar-refractivity contribution >= 4 is 5.91 Å². The number of rotatable bonds is 48. The summed E-state index contributed by atoms with van der Waals surface area (Å²) in [6.45, 7) is 2.52. The maximum atomic E-state index is 13.2. The normalized spacial score (nSPS) is 24.9. The Bertz CT molecular complexity index is 1880. The fourth-order valence-electron chi connectivity index (χ4n) is 9.31. The Morgan fingerprint density at radius 2 is 0.854 bits per heavy atom. The van der Waals surface area contributed by atoms with Crippen LogP contribution in [0.3, 0.4) is 0 Å². The number of hydrogen-bond acceptors (Lipinski definition) is 13. The van der Waals surface area contributed by atoms with Crippen LogP contribution in [-0.2, 0) is 23.7 Å². The molecule has 14 nitrogen and oxygen atoms in total. The van der Waals surface area contributed by atoms with Gasteiger partial charge in [-0.3, -0.25) is 4.79 Å². The van der Waals surface area contributed by atoms with Crippen LogP contribution in [0.2, 0.25) is 0 Å². The molecule has 9 N–H and O–H groups in total. The number of allylic oxidation sites excluding steroid dienone is 21. The fourth-order valence-corrected chi connectivity index (χ4v) is 9.31. The van der Waals surface area contributed by atoms with Crippen LogP contribution in [0.25, 0.3) is 0 Å². The molecular formula is C68H111NO13. The molecule has 466 valence electrons. The van der Waals surface area contributed by atoms with E-state index in [1.807, 2.05) is 6.08 Å². The topological polar surface area (TPSA) is 228 Å². The van der Waals surface area contributed by atoms with Gasteiger partial charge < -0.3 is 65.1 Å². The SMILES string of the molecule is CC/C=C\C/C=C\C/C=C\C/C=C\C/C=C\C/C=C\C/C=C\C/C=C\C/C=C\CCCCCCCCCCCCCCCC(=O)NC(COC1OC(CO)C(OC2OC(CO)C(O)C(O)C2O)C(O)C1O)C(O)/C=C/CC/C=C/CCC. The summed E-state index contributed by atoms with van der Waals surface area (Å²) < 4.78 is 22.6. The molecule has 2 fully saturated rings. The number of carbonyl (C=O) groups excluding carboxylic acids is 1. The third-order valence-electron chi connectivity index (χ3n) is 14.3. The number of unbranched alkanes of at least 4 members (excludes halogenated alkanes) is 15. The van der Waals surface area contributed by atoms with Gasteiger partial charge in [0.1, 0.15) is 48.8 Å². The first-order valence-corrected chi connectivity index (χ1v) is 31.4. The molecule has 2 saturated heterocycles. The summed E-state index contributed by atoms with van der Waals surface area (Å²) in [7, 11) is 0. The number of carbonyl (C=O) groups is 1. The largest absolute Gasteiger partial charge is 0.394 e. The van der Waals surface area contributed by atoms with Crippen molar-refractivity contribution in [2.24, 2.45) is 0 Å². The first-order chi connectivity index (χ1) is 40.1. The van der Waals surface area contributed by atoms with Crippen molar-refractivity contribution in [1.29, 1.82) is 0 Å². The summed E-state index contributed by atoms with van der Waals surface area (Å²) in [5, 5.41) is 86.6. The molecule has 2 heterocycles. The Morgan fingerprint density at radius 3 is 1.33 bits per heavy atom. The highest BCUT2D eigenvalue weighted by Crippen LogP contribution is 2.30. The molecule has 12 unspecified atom stereocenters. The molecule has 0 aliphatic carbocycles. The molecule has 0 bridgehead atoms. The van der Waals surface area contributed by atoms with E-state index in [0.29, 0.717) is 12.8 Å². The van der Waals surface area contributed by atoms with E-state index >= 15 is 0 Å². The van der Waals surface area contributed by atoms with Crippen LogP contribution >= 0.6 is 0 Å². The molecule has 0 aromatic carbocycles. The Kier molecular flexibility index (Phi) is 46.7. The monoisotopic (exact) mass is 1150 g/mol. The van der Waals surface area contributed by atoms with Crippen molar-refractivity contribution in [2.45, 2.75) is 267 Å². The highest BCUT2D eigenvalue weighted by atomic mass is 16.7. The number of ether oxygens (including phenoxy) is 4. The molecule has 0 saturated carbocycles. The third kappa shape index (κ3) is 36.1. The summed E-state index contributed by atoms with van der Waals surface area (Å²) in [4.78, 5) is 13.2. The van der Waals surface area contributed by atoms with Gasteiger partial charge in [0.2, 0.25) is 5.91 Å². The summed E-state index contributed by atoms with van der Waals surface area (Å²) >= 11 is 0. The lowest BCUT2D eigenvalue weighted by Gasteiger charge is -2.46. The highest BCUT2D eigenvalue weighted by Gasteiger charge is 2.51. The maximum absolute atomic E-state index is 13.2. The number of nitrogens with one attached hydrogen (secondary N) is 1. The van der Waals surface area contributed by atoms with Crippen LogP contribution in [0.4, 0.5) is 0 Å². The minimum Gasteiger partial charge on any atom is -0.394 e. The molecular weight excluding hydrogens is 1040 g/mol.